The van der Waals surface area contributed by atoms with Gasteiger partial charge < -0.3 is 15.6 Å². The zero-order valence-corrected chi connectivity index (χ0v) is 12.3. The van der Waals surface area contributed by atoms with Crippen molar-refractivity contribution >= 4 is 17.3 Å². The molecular weight excluding hydrogens is 288 g/mol. The van der Waals surface area contributed by atoms with E-state index in [1.165, 1.54) is 0 Å². The molecule has 0 spiro atoms. The van der Waals surface area contributed by atoms with Crippen molar-refractivity contribution in [2.45, 2.75) is 13.1 Å². The highest BCUT2D eigenvalue weighted by molar-refractivity contribution is 6.31. The maximum atomic E-state index is 9.60. The van der Waals surface area contributed by atoms with E-state index in [-0.39, 0.29) is 5.75 Å². The van der Waals surface area contributed by atoms with Crippen LogP contribution in [0.5, 0.6) is 11.5 Å². The summed E-state index contributed by atoms with van der Waals surface area (Å²) in [5, 5.41) is 10.3. The SMILES string of the molecule is Nc1ccc2c(c1)OCCN(Cc1cc(O)ccc1Cl)C2. The van der Waals surface area contributed by atoms with E-state index in [9.17, 15) is 5.11 Å². The number of aromatic hydroxyl groups is 1. The summed E-state index contributed by atoms with van der Waals surface area (Å²) < 4.78 is 5.75. The first kappa shape index (κ1) is 14.0. The van der Waals surface area contributed by atoms with E-state index in [4.69, 9.17) is 22.1 Å². The van der Waals surface area contributed by atoms with Gasteiger partial charge >= 0.3 is 0 Å². The molecule has 0 bridgehead atoms. The van der Waals surface area contributed by atoms with Crippen LogP contribution in [0.2, 0.25) is 5.02 Å². The van der Waals surface area contributed by atoms with Crippen molar-refractivity contribution in [1.29, 1.82) is 0 Å². The van der Waals surface area contributed by atoms with Gasteiger partial charge in [-0.1, -0.05) is 17.7 Å². The third kappa shape index (κ3) is 3.23. The van der Waals surface area contributed by atoms with Crippen molar-refractivity contribution in [3.05, 3.63) is 52.5 Å². The zero-order chi connectivity index (χ0) is 14.8. The Kier molecular flexibility index (Phi) is 3.90. The van der Waals surface area contributed by atoms with Crippen molar-refractivity contribution in [2.75, 3.05) is 18.9 Å². The molecular formula is C16H17ClN2O2. The third-order valence-electron chi connectivity index (χ3n) is 3.57. The first-order chi connectivity index (χ1) is 10.1. The van der Waals surface area contributed by atoms with Crippen LogP contribution in [-0.2, 0) is 13.1 Å². The maximum absolute atomic E-state index is 9.60. The predicted octanol–water partition coefficient (Wildman–Crippen LogP) is 3.02. The van der Waals surface area contributed by atoms with Gasteiger partial charge in [-0.3, -0.25) is 4.90 Å². The van der Waals surface area contributed by atoms with Gasteiger partial charge in [0.1, 0.15) is 18.1 Å². The van der Waals surface area contributed by atoms with E-state index in [0.717, 1.165) is 30.0 Å². The summed E-state index contributed by atoms with van der Waals surface area (Å²) in [6, 6.07) is 10.8. The number of ether oxygens (including phenoxy) is 1. The van der Waals surface area contributed by atoms with Crippen molar-refractivity contribution in [3.8, 4) is 11.5 Å². The second-order valence-corrected chi connectivity index (χ2v) is 5.61. The van der Waals surface area contributed by atoms with E-state index in [2.05, 4.69) is 4.90 Å². The zero-order valence-electron chi connectivity index (χ0n) is 11.6. The van der Waals surface area contributed by atoms with Gasteiger partial charge in [0.15, 0.2) is 0 Å². The van der Waals surface area contributed by atoms with E-state index in [0.29, 0.717) is 23.9 Å². The summed E-state index contributed by atoms with van der Waals surface area (Å²) in [4.78, 5) is 2.24. The lowest BCUT2D eigenvalue weighted by atomic mass is 10.1. The van der Waals surface area contributed by atoms with Gasteiger partial charge in [0.2, 0.25) is 0 Å². The predicted molar refractivity (Wildman–Crippen MR) is 83.6 cm³/mol. The molecule has 0 radical (unpaired) electrons. The van der Waals surface area contributed by atoms with Gasteiger partial charge in [-0.15, -0.1) is 0 Å². The molecule has 0 saturated heterocycles. The van der Waals surface area contributed by atoms with Crippen molar-refractivity contribution < 1.29 is 9.84 Å². The van der Waals surface area contributed by atoms with Crippen LogP contribution in [0, 0.1) is 0 Å². The van der Waals surface area contributed by atoms with Crippen LogP contribution in [-0.4, -0.2) is 23.2 Å². The number of hydrogen-bond donors (Lipinski definition) is 2. The van der Waals surface area contributed by atoms with E-state index < -0.39 is 0 Å². The van der Waals surface area contributed by atoms with Gasteiger partial charge in [-0.2, -0.15) is 0 Å². The Morgan fingerprint density at radius 2 is 2.10 bits per heavy atom. The molecule has 4 nitrogen and oxygen atoms in total. The minimum atomic E-state index is 0.230. The molecule has 2 aromatic rings. The fourth-order valence-electron chi connectivity index (χ4n) is 2.50. The molecule has 1 aliphatic rings. The molecule has 0 fully saturated rings. The van der Waals surface area contributed by atoms with E-state index >= 15 is 0 Å². The largest absolute Gasteiger partial charge is 0.508 e. The molecule has 1 aliphatic heterocycles. The van der Waals surface area contributed by atoms with Crippen molar-refractivity contribution in [2.24, 2.45) is 0 Å². The second kappa shape index (κ2) is 5.84. The molecule has 0 aliphatic carbocycles. The molecule has 0 atom stereocenters. The van der Waals surface area contributed by atoms with Crippen LogP contribution in [0.3, 0.4) is 0 Å². The van der Waals surface area contributed by atoms with Crippen LogP contribution in [0.4, 0.5) is 5.69 Å². The molecule has 2 aromatic carbocycles. The minimum Gasteiger partial charge on any atom is -0.508 e. The Morgan fingerprint density at radius 1 is 1.24 bits per heavy atom. The summed E-state index contributed by atoms with van der Waals surface area (Å²) in [6.07, 6.45) is 0. The molecule has 0 unspecified atom stereocenters. The normalized spacial score (nSPS) is 15.1. The number of phenols is 1. The van der Waals surface area contributed by atoms with Gasteiger partial charge in [0.05, 0.1) is 0 Å². The number of nitrogen functional groups attached to an aromatic ring is 1. The minimum absolute atomic E-state index is 0.230. The van der Waals surface area contributed by atoms with Gasteiger partial charge in [0, 0.05) is 42.0 Å². The molecule has 3 N–H and O–H groups in total. The number of anilines is 1. The molecule has 1 heterocycles. The highest BCUT2D eigenvalue weighted by Crippen LogP contribution is 2.28. The average molecular weight is 305 g/mol. The van der Waals surface area contributed by atoms with E-state index in [1.807, 2.05) is 18.2 Å². The summed E-state index contributed by atoms with van der Waals surface area (Å²) in [5.74, 6) is 1.08. The quantitative estimate of drug-likeness (QED) is 0.837. The lowest BCUT2D eigenvalue weighted by Gasteiger charge is -2.20. The number of nitrogens with two attached hydrogens (primary N) is 1. The first-order valence-corrected chi connectivity index (χ1v) is 7.20. The average Bonchev–Trinajstić information content (AvgIpc) is 2.64. The number of phenolic OH excluding ortho intramolecular Hbond substituents is 1. The first-order valence-electron chi connectivity index (χ1n) is 6.83. The van der Waals surface area contributed by atoms with Crippen LogP contribution in [0.25, 0.3) is 0 Å². The Morgan fingerprint density at radius 3 is 2.95 bits per heavy atom. The molecule has 21 heavy (non-hydrogen) atoms. The molecule has 5 heteroatoms. The number of fused-ring (bicyclic) bond motifs is 1. The monoisotopic (exact) mass is 304 g/mol. The van der Waals surface area contributed by atoms with Gasteiger partial charge in [0.25, 0.3) is 0 Å². The summed E-state index contributed by atoms with van der Waals surface area (Å²) in [7, 11) is 0. The Hall–Kier alpha value is -1.91. The Balaban J connectivity index is 1.80. The third-order valence-corrected chi connectivity index (χ3v) is 3.94. The fourth-order valence-corrected chi connectivity index (χ4v) is 2.68. The smallest absolute Gasteiger partial charge is 0.125 e. The number of nitrogens with zero attached hydrogens (tertiary/aromatic N) is 1. The van der Waals surface area contributed by atoms with Crippen molar-refractivity contribution in [1.82, 2.24) is 4.90 Å². The number of halogens is 1. The molecule has 110 valence electrons. The summed E-state index contributed by atoms with van der Waals surface area (Å²) in [6.45, 7) is 2.83. The number of hydrogen-bond acceptors (Lipinski definition) is 4. The molecule has 0 saturated carbocycles. The van der Waals surface area contributed by atoms with Crippen LogP contribution in [0.15, 0.2) is 36.4 Å². The fraction of sp³-hybridized carbons (Fsp3) is 0.250. The van der Waals surface area contributed by atoms with Crippen molar-refractivity contribution in [3.63, 3.8) is 0 Å². The van der Waals surface area contributed by atoms with Crippen LogP contribution >= 0.6 is 11.6 Å². The van der Waals surface area contributed by atoms with E-state index in [1.54, 1.807) is 18.2 Å². The lowest BCUT2D eigenvalue weighted by Crippen LogP contribution is -2.25. The summed E-state index contributed by atoms with van der Waals surface area (Å²) >= 11 is 6.19. The molecule has 3 rings (SSSR count). The van der Waals surface area contributed by atoms with Gasteiger partial charge in [-0.25, -0.2) is 0 Å². The highest BCUT2D eigenvalue weighted by Gasteiger charge is 2.16. The Labute approximate surface area is 128 Å². The number of rotatable bonds is 2. The number of benzene rings is 2. The highest BCUT2D eigenvalue weighted by atomic mass is 35.5. The second-order valence-electron chi connectivity index (χ2n) is 5.20. The van der Waals surface area contributed by atoms with Gasteiger partial charge in [-0.05, 0) is 29.8 Å². The van der Waals surface area contributed by atoms with Crippen LogP contribution < -0.4 is 10.5 Å². The maximum Gasteiger partial charge on any atom is 0.125 e. The molecule has 0 amide bonds. The van der Waals surface area contributed by atoms with Crippen LogP contribution in [0.1, 0.15) is 11.1 Å². The Bertz CT molecular complexity index is 661. The molecule has 0 aromatic heterocycles. The standard InChI is InChI=1S/C16H17ClN2O2/c17-15-4-3-14(20)7-12(15)10-19-5-6-21-16-8-13(18)2-1-11(16)9-19/h1-4,7-8,20H,5-6,9-10,18H2. The summed E-state index contributed by atoms with van der Waals surface area (Å²) in [5.41, 5.74) is 8.52. The topological polar surface area (TPSA) is 58.7 Å². The lowest BCUT2D eigenvalue weighted by molar-refractivity contribution is 0.219.